The van der Waals surface area contributed by atoms with E-state index < -0.39 is 0 Å². The quantitative estimate of drug-likeness (QED) is 0.810. The lowest BCUT2D eigenvalue weighted by Crippen LogP contribution is -2.35. The van der Waals surface area contributed by atoms with Crippen molar-refractivity contribution < 1.29 is 4.79 Å². The van der Waals surface area contributed by atoms with Gasteiger partial charge in [0.1, 0.15) is 5.82 Å². The highest BCUT2D eigenvalue weighted by atomic mass is 35.5. The molecule has 1 saturated carbocycles. The van der Waals surface area contributed by atoms with Crippen LogP contribution in [0.1, 0.15) is 49.9 Å². The van der Waals surface area contributed by atoms with Crippen LogP contribution in [0.15, 0.2) is 12.3 Å². The lowest BCUT2D eigenvalue weighted by molar-refractivity contribution is 0.0933. The first-order valence-corrected chi connectivity index (χ1v) is 7.72. The lowest BCUT2D eigenvalue weighted by Gasteiger charge is -2.17. The van der Waals surface area contributed by atoms with Gasteiger partial charge in [-0.25, -0.2) is 4.98 Å². The van der Waals surface area contributed by atoms with Crippen LogP contribution in [0, 0.1) is 5.92 Å². The van der Waals surface area contributed by atoms with Crippen LogP contribution in [-0.4, -0.2) is 23.5 Å². The molecule has 20 heavy (non-hydrogen) atoms. The number of aromatic nitrogens is 1. The number of anilines is 1. The summed E-state index contributed by atoms with van der Waals surface area (Å²) in [7, 11) is 0. The van der Waals surface area contributed by atoms with Crippen LogP contribution in [0.3, 0.4) is 0 Å². The first-order valence-electron chi connectivity index (χ1n) is 7.34. The molecule has 1 aromatic heterocycles. The second-order valence-electron chi connectivity index (χ2n) is 5.34. The fraction of sp³-hybridized carbons (Fsp3) is 0.600. The van der Waals surface area contributed by atoms with Crippen LogP contribution < -0.4 is 10.6 Å². The predicted molar refractivity (Wildman–Crippen MR) is 82.3 cm³/mol. The van der Waals surface area contributed by atoms with E-state index in [0.29, 0.717) is 16.4 Å². The van der Waals surface area contributed by atoms with Gasteiger partial charge in [-0.3, -0.25) is 4.79 Å². The van der Waals surface area contributed by atoms with E-state index in [0.717, 1.165) is 25.3 Å². The summed E-state index contributed by atoms with van der Waals surface area (Å²) in [4.78, 5) is 16.5. The maximum atomic E-state index is 12.3. The van der Waals surface area contributed by atoms with Crippen LogP contribution in [-0.2, 0) is 0 Å². The minimum absolute atomic E-state index is 0.107. The van der Waals surface area contributed by atoms with Crippen molar-refractivity contribution in [1.82, 2.24) is 10.3 Å². The number of hydrogen-bond donors (Lipinski definition) is 2. The van der Waals surface area contributed by atoms with E-state index in [9.17, 15) is 4.79 Å². The molecular formula is C15H22ClN3O. The Morgan fingerprint density at radius 2 is 2.25 bits per heavy atom. The lowest BCUT2D eigenvalue weighted by atomic mass is 10.1. The topological polar surface area (TPSA) is 54.0 Å². The summed E-state index contributed by atoms with van der Waals surface area (Å²) in [6.45, 7) is 4.85. The number of nitrogens with one attached hydrogen (secondary N) is 2. The molecule has 5 heteroatoms. The summed E-state index contributed by atoms with van der Waals surface area (Å²) in [6.07, 6.45) is 6.15. The number of carbonyl (C=O) groups excluding carboxylic acids is 1. The van der Waals surface area contributed by atoms with E-state index in [1.165, 1.54) is 19.0 Å². The Balaban J connectivity index is 2.04. The van der Waals surface area contributed by atoms with Crippen LogP contribution in [0.25, 0.3) is 0 Å². The van der Waals surface area contributed by atoms with Crippen molar-refractivity contribution in [1.29, 1.82) is 0 Å². The zero-order valence-corrected chi connectivity index (χ0v) is 12.8. The van der Waals surface area contributed by atoms with Crippen molar-refractivity contribution >= 4 is 23.3 Å². The SMILES string of the molecule is CCNc1cc(C(=O)NC(CC)CC2CC2)c(Cl)cn1. The average Bonchev–Trinajstić information content (AvgIpc) is 3.24. The van der Waals surface area contributed by atoms with E-state index >= 15 is 0 Å². The third kappa shape index (κ3) is 4.10. The van der Waals surface area contributed by atoms with Crippen molar-refractivity contribution in [3.05, 3.63) is 22.8 Å². The number of pyridine rings is 1. The van der Waals surface area contributed by atoms with E-state index in [-0.39, 0.29) is 11.9 Å². The number of hydrogen-bond acceptors (Lipinski definition) is 3. The Hall–Kier alpha value is -1.29. The highest BCUT2D eigenvalue weighted by molar-refractivity contribution is 6.33. The number of rotatable bonds is 7. The standard InChI is InChI=1S/C15H22ClN3O/c1-3-11(7-10-5-6-10)19-15(20)12-8-14(17-4-2)18-9-13(12)16/h8-11H,3-7H2,1-2H3,(H,17,18)(H,19,20). The molecule has 1 atom stereocenters. The van der Waals surface area contributed by atoms with Gasteiger partial charge in [0.15, 0.2) is 0 Å². The van der Waals surface area contributed by atoms with Crippen molar-refractivity contribution in [2.24, 2.45) is 5.92 Å². The van der Waals surface area contributed by atoms with Gasteiger partial charge in [0.25, 0.3) is 5.91 Å². The van der Waals surface area contributed by atoms with Crippen LogP contribution in [0.2, 0.25) is 5.02 Å². The first-order chi connectivity index (χ1) is 9.63. The summed E-state index contributed by atoms with van der Waals surface area (Å²) in [5, 5.41) is 6.57. The molecule has 0 saturated heterocycles. The monoisotopic (exact) mass is 295 g/mol. The van der Waals surface area contributed by atoms with Gasteiger partial charge in [-0.2, -0.15) is 0 Å². The summed E-state index contributed by atoms with van der Waals surface area (Å²) < 4.78 is 0. The smallest absolute Gasteiger partial charge is 0.253 e. The summed E-state index contributed by atoms with van der Waals surface area (Å²) >= 11 is 6.08. The molecule has 1 aliphatic carbocycles. The van der Waals surface area contributed by atoms with Gasteiger partial charge in [0.2, 0.25) is 0 Å². The number of halogens is 1. The fourth-order valence-electron chi connectivity index (χ4n) is 2.24. The van der Waals surface area contributed by atoms with E-state index in [4.69, 9.17) is 11.6 Å². The molecule has 0 bridgehead atoms. The van der Waals surface area contributed by atoms with Crippen LogP contribution >= 0.6 is 11.6 Å². The molecular weight excluding hydrogens is 274 g/mol. The summed E-state index contributed by atoms with van der Waals surface area (Å²) in [6, 6.07) is 1.95. The minimum atomic E-state index is -0.107. The van der Waals surface area contributed by atoms with E-state index in [2.05, 4.69) is 22.5 Å². The van der Waals surface area contributed by atoms with Gasteiger partial charge in [-0.05, 0) is 31.7 Å². The average molecular weight is 296 g/mol. The Morgan fingerprint density at radius 1 is 1.50 bits per heavy atom. The molecule has 1 heterocycles. The molecule has 0 aliphatic heterocycles. The molecule has 1 fully saturated rings. The molecule has 2 N–H and O–H groups in total. The van der Waals surface area contributed by atoms with Crippen molar-refractivity contribution in [3.8, 4) is 0 Å². The zero-order chi connectivity index (χ0) is 14.5. The van der Waals surface area contributed by atoms with E-state index in [1.807, 2.05) is 6.92 Å². The number of nitrogens with zero attached hydrogens (tertiary/aromatic N) is 1. The molecule has 4 nitrogen and oxygen atoms in total. The van der Waals surface area contributed by atoms with Gasteiger partial charge in [-0.15, -0.1) is 0 Å². The Bertz CT molecular complexity index is 474. The van der Waals surface area contributed by atoms with Gasteiger partial charge in [0.05, 0.1) is 10.6 Å². The van der Waals surface area contributed by atoms with Gasteiger partial charge < -0.3 is 10.6 Å². The molecule has 0 aromatic carbocycles. The fourth-order valence-corrected chi connectivity index (χ4v) is 2.43. The maximum Gasteiger partial charge on any atom is 0.253 e. The predicted octanol–water partition coefficient (Wildman–Crippen LogP) is 3.48. The molecule has 0 radical (unpaired) electrons. The molecule has 1 aliphatic rings. The largest absolute Gasteiger partial charge is 0.370 e. The third-order valence-electron chi connectivity index (χ3n) is 3.60. The zero-order valence-electron chi connectivity index (χ0n) is 12.1. The maximum absolute atomic E-state index is 12.3. The second-order valence-corrected chi connectivity index (χ2v) is 5.74. The molecule has 110 valence electrons. The molecule has 1 aromatic rings. The second kappa shape index (κ2) is 6.93. The Labute approximate surface area is 125 Å². The normalized spacial score (nSPS) is 15.8. The number of carbonyl (C=O) groups is 1. The minimum Gasteiger partial charge on any atom is -0.370 e. The molecule has 2 rings (SSSR count). The van der Waals surface area contributed by atoms with Crippen molar-refractivity contribution in [2.45, 2.75) is 45.6 Å². The van der Waals surface area contributed by atoms with Crippen LogP contribution in [0.5, 0.6) is 0 Å². The van der Waals surface area contributed by atoms with Crippen LogP contribution in [0.4, 0.5) is 5.82 Å². The van der Waals surface area contributed by atoms with E-state index in [1.54, 1.807) is 6.07 Å². The van der Waals surface area contributed by atoms with Crippen molar-refractivity contribution in [2.75, 3.05) is 11.9 Å². The summed E-state index contributed by atoms with van der Waals surface area (Å²) in [5.74, 6) is 1.37. The Kier molecular flexibility index (Phi) is 5.24. The van der Waals surface area contributed by atoms with Gasteiger partial charge in [0, 0.05) is 18.8 Å². The summed E-state index contributed by atoms with van der Waals surface area (Å²) in [5.41, 5.74) is 0.492. The number of amides is 1. The van der Waals surface area contributed by atoms with Gasteiger partial charge in [-0.1, -0.05) is 31.4 Å². The molecule has 1 unspecified atom stereocenters. The highest BCUT2D eigenvalue weighted by Gasteiger charge is 2.26. The Morgan fingerprint density at radius 3 is 2.85 bits per heavy atom. The van der Waals surface area contributed by atoms with Crippen molar-refractivity contribution in [3.63, 3.8) is 0 Å². The first kappa shape index (κ1) is 15.1. The molecule has 1 amide bonds. The molecule has 0 spiro atoms. The van der Waals surface area contributed by atoms with Gasteiger partial charge >= 0.3 is 0 Å². The third-order valence-corrected chi connectivity index (χ3v) is 3.90. The highest BCUT2D eigenvalue weighted by Crippen LogP contribution is 2.34.